The molecule has 7 rings (SSSR count). The van der Waals surface area contributed by atoms with Crippen LogP contribution in [-0.4, -0.2) is 90.0 Å². The number of thiophene rings is 1. The van der Waals surface area contributed by atoms with Gasteiger partial charge in [0, 0.05) is 30.1 Å². The maximum Gasteiger partial charge on any atom is 0.350 e. The summed E-state index contributed by atoms with van der Waals surface area (Å²) in [4.78, 5) is 59.7. The van der Waals surface area contributed by atoms with Crippen LogP contribution in [0.15, 0.2) is 35.7 Å². The summed E-state index contributed by atoms with van der Waals surface area (Å²) in [6.45, 7) is 7.44. The molecule has 4 aliphatic heterocycles. The number of ether oxygens (including phenoxy) is 5. The molecule has 3 unspecified atom stereocenters. The Morgan fingerprint density at radius 2 is 1.84 bits per heavy atom. The quantitative estimate of drug-likeness (QED) is 0.330. The Balaban J connectivity index is 1.42. The molecule has 1 saturated carbocycles. The van der Waals surface area contributed by atoms with Gasteiger partial charge in [0.15, 0.2) is 6.10 Å². The molecule has 1 aromatic heterocycles. The van der Waals surface area contributed by atoms with E-state index in [1.54, 1.807) is 35.6 Å². The number of hydrogen-bond donors (Lipinski definition) is 2. The Morgan fingerprint density at radius 3 is 2.52 bits per heavy atom. The van der Waals surface area contributed by atoms with E-state index in [1.165, 1.54) is 18.9 Å². The number of halogens is 1. The predicted molar refractivity (Wildman–Crippen MR) is 177 cm³/mol. The number of rotatable bonds is 6. The van der Waals surface area contributed by atoms with Crippen molar-refractivity contribution in [1.82, 2.24) is 4.90 Å². The van der Waals surface area contributed by atoms with Crippen molar-refractivity contribution in [2.24, 2.45) is 34.0 Å². The van der Waals surface area contributed by atoms with E-state index in [4.69, 9.17) is 35.3 Å². The highest BCUT2D eigenvalue weighted by Gasteiger charge is 2.88. The molecule has 14 heteroatoms. The minimum absolute atomic E-state index is 0.118. The van der Waals surface area contributed by atoms with Gasteiger partial charge in [-0.3, -0.25) is 14.5 Å². The smallest absolute Gasteiger partial charge is 0.350 e. The zero-order valence-corrected chi connectivity index (χ0v) is 30.1. The summed E-state index contributed by atoms with van der Waals surface area (Å²) < 4.78 is 30.0. The summed E-state index contributed by atoms with van der Waals surface area (Å²) in [6, 6.07) is 7.92. The first-order chi connectivity index (χ1) is 23.7. The van der Waals surface area contributed by atoms with E-state index in [2.05, 4.69) is 0 Å². The lowest BCUT2D eigenvalue weighted by atomic mass is 9.48. The van der Waals surface area contributed by atoms with Crippen LogP contribution in [0, 0.1) is 34.0 Å². The number of nitrogens with zero attached hydrogens (tertiary/aromatic N) is 1. The number of benzene rings is 1. The SMILES string of the molecule is CO[C@@H]1OC(=O)[C@H](OC(=O)[C@H](c2ccccc2Cl)N2CCc3sccc3C2)C12[C@H](C(C)(C)C)CC1OC(=O)[C@H]3[C@H](C)C(=O)O[C@H](CO)[C@H](O)C132. The first-order valence-corrected chi connectivity index (χ1v) is 18.2. The molecule has 5 heterocycles. The van der Waals surface area contributed by atoms with E-state index in [-0.39, 0.29) is 6.42 Å². The third kappa shape index (κ3) is 4.83. The van der Waals surface area contributed by atoms with E-state index >= 15 is 0 Å². The van der Waals surface area contributed by atoms with Gasteiger partial charge in [-0.25, -0.2) is 9.59 Å². The highest BCUT2D eigenvalue weighted by molar-refractivity contribution is 7.10. The number of cyclic esters (lactones) is 2. The van der Waals surface area contributed by atoms with Gasteiger partial charge in [0.1, 0.15) is 18.2 Å². The van der Waals surface area contributed by atoms with Crippen LogP contribution in [0.1, 0.15) is 56.2 Å². The lowest BCUT2D eigenvalue weighted by Gasteiger charge is -2.54. The lowest BCUT2D eigenvalue weighted by molar-refractivity contribution is -0.256. The number of fused-ring (bicyclic) bond motifs is 1. The summed E-state index contributed by atoms with van der Waals surface area (Å²) in [5.41, 5.74) is -2.76. The maximum atomic E-state index is 14.9. The van der Waals surface area contributed by atoms with Crippen molar-refractivity contribution < 1.29 is 53.1 Å². The monoisotopic (exact) mass is 731 g/mol. The average molecular weight is 732 g/mol. The number of hydrogen-bond acceptors (Lipinski definition) is 13. The second-order valence-corrected chi connectivity index (χ2v) is 16.6. The topological polar surface area (TPSA) is 158 Å². The molecule has 0 bridgehead atoms. The molecule has 2 spiro atoms. The van der Waals surface area contributed by atoms with Crippen LogP contribution < -0.4 is 0 Å². The lowest BCUT2D eigenvalue weighted by Crippen LogP contribution is -2.67. The summed E-state index contributed by atoms with van der Waals surface area (Å²) in [6.07, 6.45) is -6.67. The van der Waals surface area contributed by atoms with Crippen molar-refractivity contribution in [3.8, 4) is 0 Å². The molecule has 1 aromatic carbocycles. The number of aliphatic hydroxyl groups is 2. The molecule has 50 heavy (non-hydrogen) atoms. The molecule has 11 atom stereocenters. The summed E-state index contributed by atoms with van der Waals surface area (Å²) >= 11 is 8.39. The fourth-order valence-electron chi connectivity index (χ4n) is 10.0. The van der Waals surface area contributed by atoms with Crippen molar-refractivity contribution in [3.05, 3.63) is 56.7 Å². The van der Waals surface area contributed by atoms with Crippen LogP contribution in [0.3, 0.4) is 0 Å². The largest absolute Gasteiger partial charge is 0.461 e. The second-order valence-electron chi connectivity index (χ2n) is 15.1. The highest BCUT2D eigenvalue weighted by Crippen LogP contribution is 2.75. The zero-order chi connectivity index (χ0) is 35.9. The van der Waals surface area contributed by atoms with E-state index in [0.717, 1.165) is 5.56 Å². The van der Waals surface area contributed by atoms with Crippen molar-refractivity contribution >= 4 is 46.8 Å². The van der Waals surface area contributed by atoms with Crippen LogP contribution in [0.5, 0.6) is 0 Å². The zero-order valence-electron chi connectivity index (χ0n) is 28.5. The molecule has 0 radical (unpaired) electrons. The van der Waals surface area contributed by atoms with Gasteiger partial charge in [-0.2, -0.15) is 0 Å². The Bertz CT molecular complexity index is 1710. The molecule has 3 saturated heterocycles. The molecule has 4 fully saturated rings. The van der Waals surface area contributed by atoms with Gasteiger partial charge >= 0.3 is 23.9 Å². The van der Waals surface area contributed by atoms with Gasteiger partial charge in [-0.05, 0) is 52.8 Å². The fourth-order valence-corrected chi connectivity index (χ4v) is 11.1. The van der Waals surface area contributed by atoms with E-state index < -0.39 is 101 Å². The Labute approximate surface area is 298 Å². The predicted octanol–water partition coefficient (Wildman–Crippen LogP) is 3.44. The van der Waals surface area contributed by atoms with E-state index in [0.29, 0.717) is 30.1 Å². The molecular weight excluding hydrogens is 690 g/mol. The summed E-state index contributed by atoms with van der Waals surface area (Å²) in [5.74, 6) is -6.47. The van der Waals surface area contributed by atoms with Crippen molar-refractivity contribution in [2.75, 3.05) is 20.3 Å². The molecule has 2 aromatic rings. The fraction of sp³-hybridized carbons (Fsp3) is 0.611. The molecular formula is C36H42ClNO11S. The molecule has 0 amide bonds. The minimum Gasteiger partial charge on any atom is -0.461 e. The maximum absolute atomic E-state index is 14.9. The summed E-state index contributed by atoms with van der Waals surface area (Å²) in [5, 5.41) is 25.2. The van der Waals surface area contributed by atoms with Crippen molar-refractivity contribution in [1.29, 1.82) is 0 Å². The van der Waals surface area contributed by atoms with E-state index in [9.17, 15) is 29.4 Å². The average Bonchev–Trinajstić information content (AvgIpc) is 3.79. The third-order valence-electron chi connectivity index (χ3n) is 11.9. The van der Waals surface area contributed by atoms with Crippen LogP contribution in [0.4, 0.5) is 0 Å². The van der Waals surface area contributed by atoms with Gasteiger partial charge in [-0.1, -0.05) is 57.5 Å². The number of esters is 4. The number of aliphatic hydroxyl groups excluding tert-OH is 2. The van der Waals surface area contributed by atoms with Gasteiger partial charge in [0.2, 0.25) is 12.4 Å². The number of methoxy groups -OCH3 is 1. The minimum atomic E-state index is -1.84. The van der Waals surface area contributed by atoms with Crippen LogP contribution >= 0.6 is 22.9 Å². The van der Waals surface area contributed by atoms with Crippen molar-refractivity contribution in [2.45, 2.75) is 83.8 Å². The molecule has 12 nitrogen and oxygen atoms in total. The Morgan fingerprint density at radius 1 is 1.10 bits per heavy atom. The van der Waals surface area contributed by atoms with Gasteiger partial charge in [0.25, 0.3) is 0 Å². The van der Waals surface area contributed by atoms with Crippen LogP contribution in [0.2, 0.25) is 5.02 Å². The molecule has 1 aliphatic carbocycles. The standard InChI is InChI=1S/C36H42ClNO11S/c1-17-25-30(42)47-24-14-23(34(2,3)4)35(36(24,25)27(40)21(16-39)46-29(17)41)28(32(44)49-33(35)45-5)48-31(43)26(19-8-6-7-9-20(19)37)38-12-10-22-18(15-38)11-13-50-22/h6-9,11,13,17,21,23-28,33,39-40H,10,12,14-16H2,1-5H3/t17-,21+,23-,24?,25+,26-,27-,28-,33+,35?,36?/m0/s1. The third-order valence-corrected chi connectivity index (χ3v) is 13.2. The molecule has 5 aliphatic rings. The van der Waals surface area contributed by atoms with Gasteiger partial charge in [-0.15, -0.1) is 11.3 Å². The Hall–Kier alpha value is -3.07. The highest BCUT2D eigenvalue weighted by atomic mass is 35.5. The number of carbonyl (C=O) groups excluding carboxylic acids is 4. The summed E-state index contributed by atoms with van der Waals surface area (Å²) in [7, 11) is 1.33. The van der Waals surface area contributed by atoms with E-state index in [1.807, 2.05) is 37.1 Å². The first-order valence-electron chi connectivity index (χ1n) is 16.9. The first kappa shape index (κ1) is 35.3. The van der Waals surface area contributed by atoms with Gasteiger partial charge < -0.3 is 33.9 Å². The molecule has 270 valence electrons. The molecule has 2 N–H and O–H groups in total. The normalized spacial score (nSPS) is 37.3. The van der Waals surface area contributed by atoms with Gasteiger partial charge in [0.05, 0.1) is 29.3 Å². The van der Waals surface area contributed by atoms with Crippen LogP contribution in [0.25, 0.3) is 0 Å². The van der Waals surface area contributed by atoms with Crippen molar-refractivity contribution in [3.63, 3.8) is 0 Å². The Kier molecular flexibility index (Phi) is 8.87. The van der Waals surface area contributed by atoms with Crippen LogP contribution in [-0.2, 0) is 55.8 Å². The second kappa shape index (κ2) is 12.6. The number of carbonyl (C=O) groups is 4.